The molecule has 0 saturated heterocycles. The highest BCUT2D eigenvalue weighted by Crippen LogP contribution is 2.41. The minimum atomic E-state index is -0.645. The summed E-state index contributed by atoms with van der Waals surface area (Å²) in [6.07, 6.45) is 13.0. The third-order valence-corrected chi connectivity index (χ3v) is 5.83. The number of ketones is 1. The van der Waals surface area contributed by atoms with Crippen molar-refractivity contribution >= 4 is 17.8 Å². The highest BCUT2D eigenvalue weighted by molar-refractivity contribution is 5.99. The molecule has 1 aromatic carbocycles. The number of esters is 1. The number of dihydropyridines is 1. The summed E-state index contributed by atoms with van der Waals surface area (Å²) in [5.74, 6) is -1.19. The summed E-state index contributed by atoms with van der Waals surface area (Å²) in [5, 5.41) is 13.2. The molecule has 5 nitrogen and oxygen atoms in total. The maximum Gasteiger partial charge on any atom is 0.337 e. The highest BCUT2D eigenvalue weighted by Gasteiger charge is 2.36. The average Bonchev–Trinajstić information content (AvgIpc) is 2.80. The number of nitriles is 1. The smallest absolute Gasteiger partial charge is 0.337 e. The van der Waals surface area contributed by atoms with Crippen molar-refractivity contribution in [3.8, 4) is 6.07 Å². The number of carbonyl (C=O) groups is 2. The second-order valence-corrected chi connectivity index (χ2v) is 8.33. The Morgan fingerprint density at radius 1 is 1.21 bits per heavy atom. The summed E-state index contributed by atoms with van der Waals surface area (Å²) in [6, 6.07) is 7.73. The monoisotopic (exact) mass is 458 g/mol. The first kappa shape index (κ1) is 26.6. The van der Waals surface area contributed by atoms with Crippen LogP contribution in [0.2, 0.25) is 0 Å². The van der Waals surface area contributed by atoms with E-state index in [2.05, 4.69) is 11.4 Å². The zero-order valence-corrected chi connectivity index (χ0v) is 20.9. The Kier molecular flexibility index (Phi) is 9.82. The lowest BCUT2D eigenvalue weighted by atomic mass is 9.78. The predicted molar refractivity (Wildman–Crippen MR) is 137 cm³/mol. The predicted octanol–water partition coefficient (Wildman–Crippen LogP) is 6.52. The van der Waals surface area contributed by atoms with Crippen LogP contribution in [0.4, 0.5) is 0 Å². The number of rotatable bonds is 9. The molecule has 0 amide bonds. The molecule has 34 heavy (non-hydrogen) atoms. The Balaban J connectivity index is 2.71. The normalized spacial score (nSPS) is 17.4. The van der Waals surface area contributed by atoms with Gasteiger partial charge in [0.2, 0.25) is 0 Å². The number of ether oxygens (including phenoxy) is 1. The maximum absolute atomic E-state index is 13.3. The van der Waals surface area contributed by atoms with E-state index in [1.807, 2.05) is 77.1 Å². The minimum absolute atomic E-state index is 0.0861. The van der Waals surface area contributed by atoms with Gasteiger partial charge in [-0.05, 0) is 58.6 Å². The van der Waals surface area contributed by atoms with Gasteiger partial charge in [-0.15, -0.1) is 0 Å². The molecule has 0 spiro atoms. The molecule has 178 valence electrons. The van der Waals surface area contributed by atoms with Crippen molar-refractivity contribution < 1.29 is 14.3 Å². The largest absolute Gasteiger partial charge is 0.459 e. The van der Waals surface area contributed by atoms with Crippen LogP contribution >= 0.6 is 0 Å². The third-order valence-electron chi connectivity index (χ3n) is 5.83. The Labute approximate surface area is 203 Å². The molecule has 0 aromatic heterocycles. The number of carbonyl (C=O) groups excluding carboxylic acids is 2. The van der Waals surface area contributed by atoms with Crippen molar-refractivity contribution in [1.29, 1.82) is 5.26 Å². The highest BCUT2D eigenvalue weighted by atomic mass is 16.5. The molecular weight excluding hydrogens is 424 g/mol. The van der Waals surface area contributed by atoms with E-state index >= 15 is 0 Å². The average molecular weight is 459 g/mol. The first-order chi connectivity index (χ1) is 16.3. The van der Waals surface area contributed by atoms with E-state index in [1.54, 1.807) is 12.1 Å². The molecule has 1 N–H and O–H groups in total. The lowest BCUT2D eigenvalue weighted by Gasteiger charge is -2.30. The number of allylic oxidation sites excluding steroid dienone is 8. The van der Waals surface area contributed by atoms with E-state index in [1.165, 1.54) is 6.92 Å². The van der Waals surface area contributed by atoms with Gasteiger partial charge in [-0.1, -0.05) is 61.6 Å². The van der Waals surface area contributed by atoms with Gasteiger partial charge in [0.05, 0.1) is 29.2 Å². The zero-order valence-electron chi connectivity index (χ0n) is 20.9. The van der Waals surface area contributed by atoms with Gasteiger partial charge in [-0.2, -0.15) is 5.26 Å². The fourth-order valence-electron chi connectivity index (χ4n) is 3.90. The molecule has 1 aliphatic heterocycles. The summed E-state index contributed by atoms with van der Waals surface area (Å²) < 4.78 is 5.67. The van der Waals surface area contributed by atoms with Gasteiger partial charge in [0.25, 0.3) is 0 Å². The number of nitrogens with one attached hydrogen (secondary N) is 1. The molecule has 0 aliphatic carbocycles. The van der Waals surface area contributed by atoms with Crippen LogP contribution in [-0.4, -0.2) is 17.9 Å². The van der Waals surface area contributed by atoms with E-state index in [4.69, 9.17) is 4.74 Å². The van der Waals surface area contributed by atoms with Crippen molar-refractivity contribution in [3.63, 3.8) is 0 Å². The quantitative estimate of drug-likeness (QED) is 0.197. The Bertz CT molecular complexity index is 1130. The van der Waals surface area contributed by atoms with Crippen LogP contribution < -0.4 is 5.32 Å². The van der Waals surface area contributed by atoms with Gasteiger partial charge in [-0.25, -0.2) is 4.79 Å². The molecule has 2 rings (SSSR count). The molecular formula is C29H34N2O3. The molecule has 1 aliphatic rings. The number of Topliss-reactive ketones (excluding diaryl/α,β-unsaturated/α-hetero) is 1. The van der Waals surface area contributed by atoms with Gasteiger partial charge in [0, 0.05) is 17.0 Å². The van der Waals surface area contributed by atoms with E-state index in [0.29, 0.717) is 40.1 Å². The molecule has 0 saturated carbocycles. The fraction of sp³-hybridized carbons (Fsp3) is 0.345. The topological polar surface area (TPSA) is 79.2 Å². The summed E-state index contributed by atoms with van der Waals surface area (Å²) in [6.45, 7) is 10.9. The first-order valence-electron chi connectivity index (χ1n) is 11.6. The molecule has 0 fully saturated rings. The van der Waals surface area contributed by atoms with Crippen LogP contribution in [0, 0.1) is 11.3 Å². The van der Waals surface area contributed by atoms with Gasteiger partial charge in [-0.3, -0.25) is 4.79 Å². The second-order valence-electron chi connectivity index (χ2n) is 8.33. The Morgan fingerprint density at radius 3 is 2.56 bits per heavy atom. The second kappa shape index (κ2) is 12.6. The molecule has 2 unspecified atom stereocenters. The molecule has 2 atom stereocenters. The zero-order chi connectivity index (χ0) is 25.3. The summed E-state index contributed by atoms with van der Waals surface area (Å²) in [4.78, 5) is 25.8. The number of hydrogen-bond donors (Lipinski definition) is 1. The summed E-state index contributed by atoms with van der Waals surface area (Å²) in [5.41, 5.74) is 4.10. The Hall–Kier alpha value is -3.65. The number of hydrogen-bond acceptors (Lipinski definition) is 5. The Morgan fingerprint density at radius 2 is 1.94 bits per heavy atom. The van der Waals surface area contributed by atoms with Crippen molar-refractivity contribution in [2.45, 2.75) is 66.4 Å². The number of benzene rings is 1. The molecule has 1 heterocycles. The van der Waals surface area contributed by atoms with Gasteiger partial charge < -0.3 is 10.1 Å². The SMILES string of the molecule is C/C=C\CC=C/C=C/c1c(C(C)=O)cccc1C1C(C#N)=C(C)NC(C)=C1C(=O)OC(C)CC. The van der Waals surface area contributed by atoms with Crippen LogP contribution in [0.15, 0.2) is 71.1 Å². The van der Waals surface area contributed by atoms with Crippen molar-refractivity contribution in [3.05, 3.63) is 87.8 Å². The van der Waals surface area contributed by atoms with Gasteiger partial charge in [0.1, 0.15) is 0 Å². The lowest BCUT2D eigenvalue weighted by Crippen LogP contribution is -2.30. The van der Waals surface area contributed by atoms with E-state index in [9.17, 15) is 14.9 Å². The van der Waals surface area contributed by atoms with Crippen molar-refractivity contribution in [2.24, 2.45) is 0 Å². The standard InChI is InChI=1S/C29H34N2O3/c1-7-9-10-11-12-13-15-24-23(22(6)32)16-14-17-25(24)28-26(18-30)20(4)31-21(5)27(28)29(33)34-19(3)8-2/h7,9,11-17,19,28,31H,8,10H2,1-6H3/b9-7-,12-11?,15-13+. The summed E-state index contributed by atoms with van der Waals surface area (Å²) >= 11 is 0. The van der Waals surface area contributed by atoms with Crippen molar-refractivity contribution in [2.75, 3.05) is 0 Å². The van der Waals surface area contributed by atoms with E-state index in [-0.39, 0.29) is 11.9 Å². The van der Waals surface area contributed by atoms with Crippen LogP contribution in [-0.2, 0) is 9.53 Å². The van der Waals surface area contributed by atoms with Crippen LogP contribution in [0.25, 0.3) is 6.08 Å². The van der Waals surface area contributed by atoms with Crippen molar-refractivity contribution in [1.82, 2.24) is 5.32 Å². The maximum atomic E-state index is 13.3. The van der Waals surface area contributed by atoms with Crippen LogP contribution in [0.5, 0.6) is 0 Å². The first-order valence-corrected chi connectivity index (χ1v) is 11.6. The third kappa shape index (κ3) is 6.23. The van der Waals surface area contributed by atoms with Gasteiger partial charge >= 0.3 is 5.97 Å². The van der Waals surface area contributed by atoms with E-state index < -0.39 is 11.9 Å². The van der Waals surface area contributed by atoms with Gasteiger partial charge in [0.15, 0.2) is 5.78 Å². The van der Waals surface area contributed by atoms with E-state index in [0.717, 1.165) is 12.0 Å². The molecule has 5 heteroatoms. The van der Waals surface area contributed by atoms with Crippen LogP contribution in [0.3, 0.4) is 0 Å². The fourth-order valence-corrected chi connectivity index (χ4v) is 3.90. The number of nitrogens with zero attached hydrogens (tertiary/aromatic N) is 1. The minimum Gasteiger partial charge on any atom is -0.459 e. The molecule has 0 bridgehead atoms. The lowest BCUT2D eigenvalue weighted by molar-refractivity contribution is -0.143. The van der Waals surface area contributed by atoms with Crippen LogP contribution in [0.1, 0.15) is 81.8 Å². The summed E-state index contributed by atoms with van der Waals surface area (Å²) in [7, 11) is 0. The molecule has 0 radical (unpaired) electrons. The molecule has 1 aromatic rings.